The number of anilines is 1. The molecule has 1 aromatic rings. The molecule has 18 heavy (non-hydrogen) atoms. The third-order valence-electron chi connectivity index (χ3n) is 2.32. The molecule has 0 atom stereocenters. The summed E-state index contributed by atoms with van der Waals surface area (Å²) >= 11 is 11.6. The number of hydrogen-bond donors (Lipinski definition) is 2. The van der Waals surface area contributed by atoms with Gasteiger partial charge in [0.15, 0.2) is 0 Å². The first-order chi connectivity index (χ1) is 8.36. The number of aliphatic carboxylic acids is 1. The Balaban J connectivity index is 3.06. The summed E-state index contributed by atoms with van der Waals surface area (Å²) in [6, 6.07) is 2.74. The van der Waals surface area contributed by atoms with Crippen molar-refractivity contribution in [3.8, 4) is 0 Å². The molecule has 0 radical (unpaired) electrons. The molecule has 0 saturated carbocycles. The monoisotopic (exact) mass is 290 g/mol. The Bertz CT molecular complexity index is 468. The quantitative estimate of drug-likeness (QED) is 0.832. The number of likely N-dealkylation sites (N-methyl/N-ethyl adjacent to an activating group) is 1. The molecule has 98 valence electrons. The molecule has 0 bridgehead atoms. The zero-order valence-electron chi connectivity index (χ0n) is 9.61. The number of benzene rings is 1. The highest BCUT2D eigenvalue weighted by Crippen LogP contribution is 2.29. The second kappa shape index (κ2) is 5.93. The smallest absolute Gasteiger partial charge is 0.323 e. The third-order valence-corrected chi connectivity index (χ3v) is 2.95. The maximum Gasteiger partial charge on any atom is 0.323 e. The number of halogens is 2. The van der Waals surface area contributed by atoms with E-state index in [4.69, 9.17) is 34.0 Å². The molecule has 0 saturated heterocycles. The van der Waals surface area contributed by atoms with Gasteiger partial charge in [-0.2, -0.15) is 0 Å². The molecule has 0 spiro atoms. The Hall–Kier alpha value is -1.46. The van der Waals surface area contributed by atoms with Gasteiger partial charge in [-0.1, -0.05) is 23.2 Å². The van der Waals surface area contributed by atoms with Crippen LogP contribution in [-0.4, -0.2) is 35.0 Å². The van der Waals surface area contributed by atoms with Crippen LogP contribution in [0.15, 0.2) is 12.1 Å². The number of nitrogen functional groups attached to an aromatic ring is 1. The highest BCUT2D eigenvalue weighted by Gasteiger charge is 2.18. The molecule has 0 fully saturated rings. The van der Waals surface area contributed by atoms with Crippen molar-refractivity contribution in [3.05, 3.63) is 27.7 Å². The molecule has 0 aliphatic rings. The van der Waals surface area contributed by atoms with Crippen molar-refractivity contribution in [1.82, 2.24) is 4.90 Å². The van der Waals surface area contributed by atoms with Crippen LogP contribution in [-0.2, 0) is 4.79 Å². The number of carboxylic acids is 1. The molecule has 0 heterocycles. The minimum atomic E-state index is -1.09. The zero-order chi connectivity index (χ0) is 13.9. The lowest BCUT2D eigenvalue weighted by molar-refractivity contribution is -0.137. The average Bonchev–Trinajstić information content (AvgIpc) is 2.31. The van der Waals surface area contributed by atoms with E-state index < -0.39 is 11.9 Å². The Labute approximate surface area is 114 Å². The summed E-state index contributed by atoms with van der Waals surface area (Å²) < 4.78 is 0. The highest BCUT2D eigenvalue weighted by atomic mass is 35.5. The molecular weight excluding hydrogens is 279 g/mol. The van der Waals surface area contributed by atoms with Gasteiger partial charge < -0.3 is 15.7 Å². The van der Waals surface area contributed by atoms with Gasteiger partial charge in [-0.25, -0.2) is 0 Å². The molecular formula is C11H12Cl2N2O3. The molecule has 0 aliphatic heterocycles. The van der Waals surface area contributed by atoms with Crippen LogP contribution in [0.2, 0.25) is 10.0 Å². The van der Waals surface area contributed by atoms with E-state index in [1.807, 2.05) is 0 Å². The van der Waals surface area contributed by atoms with Gasteiger partial charge in [0.2, 0.25) is 0 Å². The fourth-order valence-electron chi connectivity index (χ4n) is 1.38. The van der Waals surface area contributed by atoms with Crippen LogP contribution < -0.4 is 5.73 Å². The number of rotatable bonds is 4. The van der Waals surface area contributed by atoms with Crippen LogP contribution in [0.4, 0.5) is 5.69 Å². The molecule has 0 aliphatic carbocycles. The van der Waals surface area contributed by atoms with Crippen molar-refractivity contribution in [3.63, 3.8) is 0 Å². The lowest BCUT2D eigenvalue weighted by Crippen LogP contribution is -2.35. The van der Waals surface area contributed by atoms with Crippen LogP contribution in [0.25, 0.3) is 0 Å². The summed E-state index contributed by atoms with van der Waals surface area (Å²) in [6.07, 6.45) is 0. The van der Waals surface area contributed by atoms with Crippen molar-refractivity contribution in [2.75, 3.05) is 18.8 Å². The Kier molecular flexibility index (Phi) is 4.81. The summed E-state index contributed by atoms with van der Waals surface area (Å²) in [5.74, 6) is -1.54. The topological polar surface area (TPSA) is 83.6 Å². The van der Waals surface area contributed by atoms with Crippen LogP contribution >= 0.6 is 23.2 Å². The normalized spacial score (nSPS) is 10.2. The summed E-state index contributed by atoms with van der Waals surface area (Å²) in [6.45, 7) is 1.57. The van der Waals surface area contributed by atoms with E-state index in [1.54, 1.807) is 6.92 Å². The van der Waals surface area contributed by atoms with Crippen molar-refractivity contribution in [2.24, 2.45) is 0 Å². The van der Waals surface area contributed by atoms with Gasteiger partial charge in [0, 0.05) is 12.1 Å². The molecule has 5 nitrogen and oxygen atoms in total. The molecule has 1 amide bonds. The second-order valence-corrected chi connectivity index (χ2v) is 4.38. The molecule has 1 rings (SSSR count). The maximum atomic E-state index is 12.0. The number of hydrogen-bond acceptors (Lipinski definition) is 3. The van der Waals surface area contributed by atoms with E-state index in [2.05, 4.69) is 0 Å². The van der Waals surface area contributed by atoms with Crippen LogP contribution in [0, 0.1) is 0 Å². The first kappa shape index (κ1) is 14.6. The van der Waals surface area contributed by atoms with Gasteiger partial charge in [-0.3, -0.25) is 9.59 Å². The van der Waals surface area contributed by atoms with Crippen LogP contribution in [0.1, 0.15) is 17.3 Å². The Morgan fingerprint density at radius 1 is 1.33 bits per heavy atom. The van der Waals surface area contributed by atoms with E-state index in [0.717, 1.165) is 0 Å². The fourth-order valence-corrected chi connectivity index (χ4v) is 1.87. The number of amides is 1. The van der Waals surface area contributed by atoms with Gasteiger partial charge in [0.1, 0.15) is 6.54 Å². The zero-order valence-corrected chi connectivity index (χ0v) is 11.1. The summed E-state index contributed by atoms with van der Waals surface area (Å²) in [4.78, 5) is 23.8. The van der Waals surface area contributed by atoms with Crippen molar-refractivity contribution in [2.45, 2.75) is 6.92 Å². The van der Waals surface area contributed by atoms with Crippen molar-refractivity contribution >= 4 is 40.8 Å². The first-order valence-corrected chi connectivity index (χ1v) is 5.88. The van der Waals surface area contributed by atoms with Gasteiger partial charge in [-0.05, 0) is 19.1 Å². The number of nitrogens with zero attached hydrogens (tertiary/aromatic N) is 1. The molecule has 0 unspecified atom stereocenters. The summed E-state index contributed by atoms with van der Waals surface area (Å²) in [5, 5.41) is 9.03. The third kappa shape index (κ3) is 3.27. The molecule has 3 N–H and O–H groups in total. The first-order valence-electron chi connectivity index (χ1n) is 5.12. The maximum absolute atomic E-state index is 12.0. The van der Waals surface area contributed by atoms with Crippen molar-refractivity contribution < 1.29 is 14.7 Å². The summed E-state index contributed by atoms with van der Waals surface area (Å²) in [7, 11) is 0. The lowest BCUT2D eigenvalue weighted by atomic mass is 10.1. The predicted molar refractivity (Wildman–Crippen MR) is 70.1 cm³/mol. The van der Waals surface area contributed by atoms with Gasteiger partial charge in [0.25, 0.3) is 5.91 Å². The molecule has 0 aromatic heterocycles. The van der Waals surface area contributed by atoms with Gasteiger partial charge >= 0.3 is 5.97 Å². The fraction of sp³-hybridized carbons (Fsp3) is 0.273. The number of carboxylic acid groups (broad SMARTS) is 1. The Morgan fingerprint density at radius 3 is 2.22 bits per heavy atom. The van der Waals surface area contributed by atoms with E-state index in [-0.39, 0.29) is 34.4 Å². The second-order valence-electron chi connectivity index (χ2n) is 3.57. The molecule has 1 aromatic carbocycles. The molecule has 7 heteroatoms. The SMILES string of the molecule is CCN(CC(=O)O)C(=O)c1cc(Cl)c(N)c(Cl)c1. The predicted octanol–water partition coefficient (Wildman–Crippen LogP) is 2.12. The lowest BCUT2D eigenvalue weighted by Gasteiger charge is -2.19. The minimum Gasteiger partial charge on any atom is -0.480 e. The minimum absolute atomic E-state index is 0.164. The standard InChI is InChI=1S/C11H12Cl2N2O3/c1-2-15(5-9(16)17)11(18)6-3-7(12)10(14)8(13)4-6/h3-4H,2,5,14H2,1H3,(H,16,17). The van der Waals surface area contributed by atoms with E-state index in [0.29, 0.717) is 0 Å². The van der Waals surface area contributed by atoms with E-state index >= 15 is 0 Å². The summed E-state index contributed by atoms with van der Waals surface area (Å²) in [5.41, 5.74) is 5.96. The number of nitrogens with two attached hydrogens (primary N) is 1. The van der Waals surface area contributed by atoms with E-state index in [1.165, 1.54) is 17.0 Å². The Morgan fingerprint density at radius 2 is 1.83 bits per heavy atom. The van der Waals surface area contributed by atoms with Gasteiger partial charge in [0.05, 0.1) is 15.7 Å². The van der Waals surface area contributed by atoms with Crippen molar-refractivity contribution in [1.29, 1.82) is 0 Å². The highest BCUT2D eigenvalue weighted by molar-refractivity contribution is 6.39. The van der Waals surface area contributed by atoms with E-state index in [9.17, 15) is 9.59 Å². The average molecular weight is 291 g/mol. The largest absolute Gasteiger partial charge is 0.480 e. The van der Waals surface area contributed by atoms with Crippen LogP contribution in [0.5, 0.6) is 0 Å². The van der Waals surface area contributed by atoms with Crippen LogP contribution in [0.3, 0.4) is 0 Å². The number of carbonyl (C=O) groups is 2. The van der Waals surface area contributed by atoms with Gasteiger partial charge in [-0.15, -0.1) is 0 Å². The number of carbonyl (C=O) groups excluding carboxylic acids is 1.